The first-order chi connectivity index (χ1) is 11.0. The molecule has 0 unspecified atom stereocenters. The molecule has 0 aliphatic carbocycles. The predicted molar refractivity (Wildman–Crippen MR) is 94.7 cm³/mol. The Bertz CT molecular complexity index is 689. The lowest BCUT2D eigenvalue weighted by atomic mass is 10.2. The molecule has 2 aromatic rings. The van der Waals surface area contributed by atoms with Crippen LogP contribution in [0.5, 0.6) is 11.5 Å². The number of phenols is 2. The fourth-order valence-corrected chi connectivity index (χ4v) is 3.33. The summed E-state index contributed by atoms with van der Waals surface area (Å²) in [5.41, 5.74) is 0.918. The molecule has 0 aliphatic rings. The molecule has 0 aromatic heterocycles. The molecule has 3 N–H and O–H groups in total. The summed E-state index contributed by atoms with van der Waals surface area (Å²) in [5.74, 6) is 0.615. The average molecular weight is 372 g/mol. The zero-order valence-electron chi connectivity index (χ0n) is 12.1. The Hall–Kier alpha value is -1.56. The van der Waals surface area contributed by atoms with Crippen LogP contribution >= 0.6 is 35.0 Å². The molecule has 0 atom stereocenters. The Morgan fingerprint density at radius 1 is 1.09 bits per heavy atom. The second-order valence-corrected chi connectivity index (χ2v) is 6.61. The molecule has 0 radical (unpaired) electrons. The van der Waals surface area contributed by atoms with Crippen LogP contribution in [0.15, 0.2) is 36.4 Å². The van der Waals surface area contributed by atoms with Crippen LogP contribution in [-0.4, -0.2) is 28.4 Å². The minimum absolute atomic E-state index is 0.105. The van der Waals surface area contributed by atoms with Crippen LogP contribution in [-0.2, 0) is 5.75 Å². The zero-order chi connectivity index (χ0) is 16.8. The third-order valence-corrected chi connectivity index (χ3v) is 4.72. The van der Waals surface area contributed by atoms with Gasteiger partial charge in [0.25, 0.3) is 5.91 Å². The van der Waals surface area contributed by atoms with Gasteiger partial charge in [-0.25, -0.2) is 0 Å². The molecule has 0 saturated heterocycles. The zero-order valence-corrected chi connectivity index (χ0v) is 14.4. The summed E-state index contributed by atoms with van der Waals surface area (Å²) in [4.78, 5) is 12.1. The van der Waals surface area contributed by atoms with Gasteiger partial charge in [-0.1, -0.05) is 41.4 Å². The number of halogens is 2. The molecule has 4 nitrogen and oxygen atoms in total. The van der Waals surface area contributed by atoms with E-state index < -0.39 is 0 Å². The first kappa shape index (κ1) is 17.8. The highest BCUT2D eigenvalue weighted by Gasteiger charge is 2.13. The number of nitrogens with one attached hydrogen (secondary N) is 1. The highest BCUT2D eigenvalue weighted by atomic mass is 35.5. The van der Waals surface area contributed by atoms with Gasteiger partial charge in [-0.05, 0) is 18.2 Å². The third-order valence-electron chi connectivity index (χ3n) is 3.08. The summed E-state index contributed by atoms with van der Waals surface area (Å²) in [6.07, 6.45) is 0. The molecule has 2 rings (SSSR count). The number of hydrogen-bond donors (Lipinski definition) is 3. The van der Waals surface area contributed by atoms with Crippen molar-refractivity contribution in [3.8, 4) is 11.5 Å². The number of benzene rings is 2. The van der Waals surface area contributed by atoms with Gasteiger partial charge in [0.2, 0.25) is 0 Å². The highest BCUT2D eigenvalue weighted by Crippen LogP contribution is 2.30. The second kappa shape index (κ2) is 8.34. The molecule has 23 heavy (non-hydrogen) atoms. The van der Waals surface area contributed by atoms with E-state index in [9.17, 15) is 15.0 Å². The maximum Gasteiger partial charge on any atom is 0.254 e. The van der Waals surface area contributed by atoms with E-state index >= 15 is 0 Å². The maximum atomic E-state index is 12.1. The molecular formula is C16H15Cl2NO3S. The number of hydrogen-bond acceptors (Lipinski definition) is 4. The molecule has 0 saturated carbocycles. The van der Waals surface area contributed by atoms with Crippen LogP contribution in [0, 0.1) is 0 Å². The molecule has 0 aliphatic heterocycles. The van der Waals surface area contributed by atoms with E-state index in [0.717, 1.165) is 0 Å². The van der Waals surface area contributed by atoms with Crippen molar-refractivity contribution in [3.05, 3.63) is 57.6 Å². The summed E-state index contributed by atoms with van der Waals surface area (Å²) in [7, 11) is 0. The van der Waals surface area contributed by atoms with Crippen LogP contribution in [0.4, 0.5) is 0 Å². The predicted octanol–water partition coefficient (Wildman–Crippen LogP) is 4.07. The van der Waals surface area contributed by atoms with Crippen LogP contribution in [0.25, 0.3) is 0 Å². The van der Waals surface area contributed by atoms with Crippen LogP contribution < -0.4 is 5.32 Å². The van der Waals surface area contributed by atoms with Gasteiger partial charge in [0.05, 0.1) is 15.6 Å². The van der Waals surface area contributed by atoms with E-state index in [0.29, 0.717) is 33.7 Å². The summed E-state index contributed by atoms with van der Waals surface area (Å²) in [5, 5.41) is 22.5. The van der Waals surface area contributed by atoms with Crippen molar-refractivity contribution in [2.45, 2.75) is 5.75 Å². The van der Waals surface area contributed by atoms with Crippen molar-refractivity contribution in [2.24, 2.45) is 0 Å². The van der Waals surface area contributed by atoms with E-state index in [2.05, 4.69) is 5.32 Å². The summed E-state index contributed by atoms with van der Waals surface area (Å²) >= 11 is 13.5. The van der Waals surface area contributed by atoms with Gasteiger partial charge in [0.1, 0.15) is 0 Å². The molecule has 0 heterocycles. The standard InChI is InChI=1S/C16H15Cl2NO3S/c17-11-4-2-5-12(18)14(11)16(22)19-7-8-23-9-10-3-1-6-13(20)15(10)21/h1-6,20-21H,7-9H2,(H,19,22). The van der Waals surface area contributed by atoms with Crippen LogP contribution in [0.1, 0.15) is 15.9 Å². The number of thioether (sulfide) groups is 1. The lowest BCUT2D eigenvalue weighted by Gasteiger charge is -2.09. The van der Waals surface area contributed by atoms with Gasteiger partial charge >= 0.3 is 0 Å². The number of aromatic hydroxyl groups is 2. The quantitative estimate of drug-likeness (QED) is 0.528. The first-order valence-corrected chi connectivity index (χ1v) is 8.71. The van der Waals surface area contributed by atoms with Crippen molar-refractivity contribution in [3.63, 3.8) is 0 Å². The summed E-state index contributed by atoms with van der Waals surface area (Å²) in [6.45, 7) is 0.435. The number of phenolic OH excluding ortho intramolecular Hbond substituents is 2. The average Bonchev–Trinajstić information content (AvgIpc) is 2.51. The van der Waals surface area contributed by atoms with Gasteiger partial charge < -0.3 is 15.5 Å². The van der Waals surface area contributed by atoms with Gasteiger partial charge in [-0.2, -0.15) is 11.8 Å². The summed E-state index contributed by atoms with van der Waals surface area (Å²) in [6, 6.07) is 9.75. The van der Waals surface area contributed by atoms with E-state index in [1.54, 1.807) is 30.3 Å². The van der Waals surface area contributed by atoms with Gasteiger partial charge in [0, 0.05) is 23.6 Å². The highest BCUT2D eigenvalue weighted by molar-refractivity contribution is 7.98. The minimum atomic E-state index is -0.318. The molecule has 7 heteroatoms. The van der Waals surface area contributed by atoms with Crippen molar-refractivity contribution < 1.29 is 15.0 Å². The third kappa shape index (κ3) is 4.70. The maximum absolute atomic E-state index is 12.1. The second-order valence-electron chi connectivity index (χ2n) is 4.69. The van der Waals surface area contributed by atoms with Crippen LogP contribution in [0.2, 0.25) is 10.0 Å². The lowest BCUT2D eigenvalue weighted by molar-refractivity contribution is 0.0956. The monoisotopic (exact) mass is 371 g/mol. The van der Waals surface area contributed by atoms with Gasteiger partial charge in [-0.15, -0.1) is 0 Å². The normalized spacial score (nSPS) is 10.5. The Morgan fingerprint density at radius 2 is 1.74 bits per heavy atom. The van der Waals surface area contributed by atoms with E-state index in [-0.39, 0.29) is 23.0 Å². The van der Waals surface area contributed by atoms with Crippen molar-refractivity contribution >= 4 is 40.9 Å². The van der Waals surface area contributed by atoms with E-state index in [1.807, 2.05) is 0 Å². The molecule has 0 fully saturated rings. The van der Waals surface area contributed by atoms with Crippen molar-refractivity contribution in [1.82, 2.24) is 5.32 Å². The number of amides is 1. The van der Waals surface area contributed by atoms with E-state index in [1.165, 1.54) is 17.8 Å². The van der Waals surface area contributed by atoms with Crippen LogP contribution in [0.3, 0.4) is 0 Å². The number of carbonyl (C=O) groups excluding carboxylic acids is 1. The number of rotatable bonds is 6. The Balaban J connectivity index is 1.79. The molecule has 0 bridgehead atoms. The largest absolute Gasteiger partial charge is 0.504 e. The van der Waals surface area contributed by atoms with Gasteiger partial charge in [-0.3, -0.25) is 4.79 Å². The molecule has 0 spiro atoms. The fourth-order valence-electron chi connectivity index (χ4n) is 1.92. The number of para-hydroxylation sites is 1. The molecule has 122 valence electrons. The number of carbonyl (C=O) groups is 1. The topological polar surface area (TPSA) is 69.6 Å². The van der Waals surface area contributed by atoms with Gasteiger partial charge in [0.15, 0.2) is 11.5 Å². The Labute approximate surface area is 148 Å². The summed E-state index contributed by atoms with van der Waals surface area (Å²) < 4.78 is 0. The first-order valence-electron chi connectivity index (χ1n) is 6.80. The van der Waals surface area contributed by atoms with Crippen molar-refractivity contribution in [1.29, 1.82) is 0 Å². The Kier molecular flexibility index (Phi) is 6.45. The SMILES string of the molecule is O=C(NCCSCc1cccc(O)c1O)c1c(Cl)cccc1Cl. The fraction of sp³-hybridized carbons (Fsp3) is 0.188. The minimum Gasteiger partial charge on any atom is -0.504 e. The van der Waals surface area contributed by atoms with Crippen molar-refractivity contribution in [2.75, 3.05) is 12.3 Å². The Morgan fingerprint density at radius 3 is 2.43 bits per heavy atom. The smallest absolute Gasteiger partial charge is 0.254 e. The van der Waals surface area contributed by atoms with E-state index in [4.69, 9.17) is 23.2 Å². The molecule has 1 amide bonds. The molecule has 2 aromatic carbocycles. The molecular weight excluding hydrogens is 357 g/mol. The lowest BCUT2D eigenvalue weighted by Crippen LogP contribution is -2.26.